The van der Waals surface area contributed by atoms with E-state index in [-0.39, 0.29) is 29.8 Å². The average molecular weight is 384 g/mol. The Hall–Kier alpha value is -1.56. The largest absolute Gasteiger partial charge is 0.360 e. The van der Waals surface area contributed by atoms with Gasteiger partial charge in [0.1, 0.15) is 17.0 Å². The zero-order valence-electron chi connectivity index (χ0n) is 14.6. The third-order valence-electron chi connectivity index (χ3n) is 4.80. The third-order valence-corrected chi connectivity index (χ3v) is 5.13. The molecule has 2 aromatic rings. The van der Waals surface area contributed by atoms with Crippen molar-refractivity contribution in [1.29, 1.82) is 0 Å². The van der Waals surface area contributed by atoms with Gasteiger partial charge in [-0.2, -0.15) is 0 Å². The molecule has 0 saturated carbocycles. The maximum absolute atomic E-state index is 13.1. The van der Waals surface area contributed by atoms with E-state index in [9.17, 15) is 4.79 Å². The van der Waals surface area contributed by atoms with Gasteiger partial charge in [0.05, 0.1) is 5.02 Å². The van der Waals surface area contributed by atoms with Gasteiger partial charge in [-0.15, -0.1) is 12.4 Å². The Labute approximate surface area is 158 Å². The second-order valence-corrected chi connectivity index (χ2v) is 7.46. The molecule has 0 aliphatic carbocycles. The number of hydrogen-bond donors (Lipinski definition) is 1. The lowest BCUT2D eigenvalue weighted by Crippen LogP contribution is -2.54. The van der Waals surface area contributed by atoms with Crippen molar-refractivity contribution >= 4 is 29.9 Å². The van der Waals surface area contributed by atoms with Crippen LogP contribution < -0.4 is 5.73 Å². The van der Waals surface area contributed by atoms with Crippen molar-refractivity contribution in [2.24, 2.45) is 11.1 Å². The first-order chi connectivity index (χ1) is 11.3. The highest BCUT2D eigenvalue weighted by molar-refractivity contribution is 6.33. The van der Waals surface area contributed by atoms with Crippen molar-refractivity contribution in [1.82, 2.24) is 10.1 Å². The fourth-order valence-electron chi connectivity index (χ4n) is 3.17. The van der Waals surface area contributed by atoms with Crippen molar-refractivity contribution < 1.29 is 9.32 Å². The Bertz CT molecular complexity index is 773. The van der Waals surface area contributed by atoms with Crippen LogP contribution in [0.25, 0.3) is 11.3 Å². The molecule has 7 heteroatoms. The molecule has 3 rings (SSSR count). The number of rotatable bonds is 2. The molecule has 1 aromatic carbocycles. The molecule has 5 nitrogen and oxygen atoms in total. The Morgan fingerprint density at radius 1 is 1.40 bits per heavy atom. The fraction of sp³-hybridized carbons (Fsp3) is 0.444. The summed E-state index contributed by atoms with van der Waals surface area (Å²) < 4.78 is 5.31. The summed E-state index contributed by atoms with van der Waals surface area (Å²) in [5.74, 6) is 0.422. The van der Waals surface area contributed by atoms with E-state index in [0.717, 1.165) is 6.42 Å². The molecular formula is C18H23Cl2N3O2. The fourth-order valence-corrected chi connectivity index (χ4v) is 3.39. The highest BCUT2D eigenvalue weighted by Crippen LogP contribution is 2.34. The van der Waals surface area contributed by atoms with Gasteiger partial charge in [-0.3, -0.25) is 4.79 Å². The van der Waals surface area contributed by atoms with Gasteiger partial charge >= 0.3 is 0 Å². The maximum atomic E-state index is 13.1. The zero-order valence-corrected chi connectivity index (χ0v) is 16.2. The number of likely N-dealkylation sites (tertiary alicyclic amines) is 1. The first-order valence-corrected chi connectivity index (χ1v) is 8.45. The molecule has 2 N–H and O–H groups in total. The molecule has 0 spiro atoms. The van der Waals surface area contributed by atoms with Gasteiger partial charge in [-0.05, 0) is 24.8 Å². The van der Waals surface area contributed by atoms with Crippen LogP contribution in [0.3, 0.4) is 0 Å². The smallest absolute Gasteiger partial charge is 0.259 e. The van der Waals surface area contributed by atoms with Gasteiger partial charge in [-0.1, -0.05) is 48.8 Å². The number of aryl methyl sites for hydroxylation is 1. The number of carbonyl (C=O) groups is 1. The van der Waals surface area contributed by atoms with E-state index in [2.05, 4.69) is 19.0 Å². The predicted molar refractivity (Wildman–Crippen MR) is 101 cm³/mol. The van der Waals surface area contributed by atoms with Crippen LogP contribution in [0.4, 0.5) is 0 Å². The first-order valence-electron chi connectivity index (χ1n) is 8.07. The summed E-state index contributed by atoms with van der Waals surface area (Å²) in [6.07, 6.45) is 0.782. The summed E-state index contributed by atoms with van der Waals surface area (Å²) in [6.45, 7) is 7.18. The lowest BCUT2D eigenvalue weighted by atomic mass is 9.79. The molecule has 25 heavy (non-hydrogen) atoms. The van der Waals surface area contributed by atoms with E-state index in [4.69, 9.17) is 21.9 Å². The van der Waals surface area contributed by atoms with E-state index in [1.807, 2.05) is 23.1 Å². The molecule has 1 atom stereocenters. The van der Waals surface area contributed by atoms with Gasteiger partial charge in [0.2, 0.25) is 0 Å². The Morgan fingerprint density at radius 3 is 2.72 bits per heavy atom. The molecule has 1 aliphatic heterocycles. The molecule has 1 unspecified atom stereocenters. The summed E-state index contributed by atoms with van der Waals surface area (Å²) in [7, 11) is 0. The van der Waals surface area contributed by atoms with Crippen LogP contribution in [0.2, 0.25) is 5.02 Å². The quantitative estimate of drug-likeness (QED) is 0.852. The number of halogens is 2. The molecule has 1 amide bonds. The van der Waals surface area contributed by atoms with E-state index < -0.39 is 0 Å². The van der Waals surface area contributed by atoms with Crippen LogP contribution in [0.15, 0.2) is 28.8 Å². The molecule has 1 saturated heterocycles. The minimum atomic E-state index is -0.121. The molecule has 0 radical (unpaired) electrons. The number of nitrogens with two attached hydrogens (primary N) is 1. The Balaban J connectivity index is 0.00000225. The summed E-state index contributed by atoms with van der Waals surface area (Å²) in [5, 5.41) is 4.62. The van der Waals surface area contributed by atoms with E-state index in [0.29, 0.717) is 40.7 Å². The SMILES string of the molecule is Cc1onc(-c2ccccc2Cl)c1C(=O)N1CCC(N)C(C)(C)C1.Cl. The average Bonchev–Trinajstić information content (AvgIpc) is 2.91. The number of nitrogens with zero attached hydrogens (tertiary/aromatic N) is 2. The minimum Gasteiger partial charge on any atom is -0.360 e. The first kappa shape index (κ1) is 19.8. The van der Waals surface area contributed by atoms with Gasteiger partial charge < -0.3 is 15.2 Å². The number of hydrogen-bond acceptors (Lipinski definition) is 4. The Morgan fingerprint density at radius 2 is 2.08 bits per heavy atom. The normalized spacial score (nSPS) is 19.4. The predicted octanol–water partition coefficient (Wildman–Crippen LogP) is 3.92. The van der Waals surface area contributed by atoms with Crippen molar-refractivity contribution in [2.45, 2.75) is 33.2 Å². The van der Waals surface area contributed by atoms with Crippen LogP contribution in [-0.2, 0) is 0 Å². The highest BCUT2D eigenvalue weighted by Gasteiger charge is 2.37. The van der Waals surface area contributed by atoms with Crippen LogP contribution in [0.1, 0.15) is 36.4 Å². The summed E-state index contributed by atoms with van der Waals surface area (Å²) in [5.41, 5.74) is 7.73. The van der Waals surface area contributed by atoms with Crippen LogP contribution in [-0.4, -0.2) is 35.1 Å². The minimum absolute atomic E-state index is 0. The second-order valence-electron chi connectivity index (χ2n) is 7.05. The monoisotopic (exact) mass is 383 g/mol. The van der Waals surface area contributed by atoms with Crippen LogP contribution in [0.5, 0.6) is 0 Å². The van der Waals surface area contributed by atoms with E-state index in [1.54, 1.807) is 13.0 Å². The van der Waals surface area contributed by atoms with E-state index >= 15 is 0 Å². The molecule has 1 aromatic heterocycles. The van der Waals surface area contributed by atoms with Crippen molar-refractivity contribution in [3.05, 3.63) is 40.6 Å². The van der Waals surface area contributed by atoms with E-state index in [1.165, 1.54) is 0 Å². The Kier molecular flexibility index (Phi) is 5.82. The van der Waals surface area contributed by atoms with Gasteiger partial charge in [0.25, 0.3) is 5.91 Å². The van der Waals surface area contributed by atoms with Gasteiger partial charge in [0, 0.05) is 24.7 Å². The topological polar surface area (TPSA) is 72.4 Å². The molecule has 0 bridgehead atoms. The molecule has 2 heterocycles. The van der Waals surface area contributed by atoms with Gasteiger partial charge in [-0.25, -0.2) is 0 Å². The highest BCUT2D eigenvalue weighted by atomic mass is 35.5. The lowest BCUT2D eigenvalue weighted by molar-refractivity contribution is 0.0532. The number of benzene rings is 1. The summed E-state index contributed by atoms with van der Waals surface area (Å²) >= 11 is 6.27. The van der Waals surface area contributed by atoms with Crippen LogP contribution in [0, 0.1) is 12.3 Å². The number of amides is 1. The standard InChI is InChI=1S/C18H22ClN3O2.ClH/c1-11-15(16(21-24-11)12-6-4-5-7-13(12)19)17(23)22-9-8-14(20)18(2,3)10-22;/h4-7,14H,8-10,20H2,1-3H3;1H. The molecular weight excluding hydrogens is 361 g/mol. The van der Waals surface area contributed by atoms with Gasteiger partial charge in [0.15, 0.2) is 0 Å². The molecule has 1 aliphatic rings. The number of aromatic nitrogens is 1. The number of carbonyl (C=O) groups excluding carboxylic acids is 1. The third kappa shape index (κ3) is 3.68. The lowest BCUT2D eigenvalue weighted by Gasteiger charge is -2.42. The van der Waals surface area contributed by atoms with Crippen molar-refractivity contribution in [3.8, 4) is 11.3 Å². The summed E-state index contributed by atoms with van der Waals surface area (Å²) in [6, 6.07) is 7.41. The molecule has 1 fully saturated rings. The molecule has 136 valence electrons. The van der Waals surface area contributed by atoms with Crippen molar-refractivity contribution in [3.63, 3.8) is 0 Å². The number of piperidine rings is 1. The second kappa shape index (κ2) is 7.36. The maximum Gasteiger partial charge on any atom is 0.259 e. The zero-order chi connectivity index (χ0) is 17.5. The van der Waals surface area contributed by atoms with Crippen LogP contribution >= 0.6 is 24.0 Å². The summed E-state index contributed by atoms with van der Waals surface area (Å²) in [4.78, 5) is 15.0. The van der Waals surface area contributed by atoms with Crippen molar-refractivity contribution in [2.75, 3.05) is 13.1 Å².